The van der Waals surface area contributed by atoms with E-state index in [4.69, 9.17) is 17.0 Å². The van der Waals surface area contributed by atoms with E-state index in [9.17, 15) is 14.4 Å². The molecular formula is C28H35N5O4S. The van der Waals surface area contributed by atoms with Crippen LogP contribution >= 0.6 is 12.2 Å². The second-order valence-electron chi connectivity index (χ2n) is 9.70. The van der Waals surface area contributed by atoms with E-state index < -0.39 is 12.0 Å². The summed E-state index contributed by atoms with van der Waals surface area (Å²) in [5, 5.41) is 3.27. The summed E-state index contributed by atoms with van der Waals surface area (Å²) < 4.78 is 5.00. The molecule has 2 amide bonds. The van der Waals surface area contributed by atoms with Gasteiger partial charge in [0.2, 0.25) is 5.91 Å². The van der Waals surface area contributed by atoms with Gasteiger partial charge in [0.15, 0.2) is 5.11 Å². The van der Waals surface area contributed by atoms with Crippen LogP contribution in [0, 0.1) is 6.92 Å². The van der Waals surface area contributed by atoms with Crippen molar-refractivity contribution in [2.45, 2.75) is 26.3 Å². The molecule has 0 aromatic heterocycles. The lowest BCUT2D eigenvalue weighted by Crippen LogP contribution is -2.48. The molecule has 2 aliphatic rings. The first-order valence-electron chi connectivity index (χ1n) is 13.0. The van der Waals surface area contributed by atoms with Crippen LogP contribution in [0.5, 0.6) is 0 Å². The summed E-state index contributed by atoms with van der Waals surface area (Å²) in [6, 6.07) is 13.5. The molecule has 10 heteroatoms. The van der Waals surface area contributed by atoms with Gasteiger partial charge in [0, 0.05) is 45.0 Å². The smallest absolute Gasteiger partial charge is 0.338 e. The predicted octanol–water partition coefficient (Wildman–Crippen LogP) is 2.75. The van der Waals surface area contributed by atoms with Crippen molar-refractivity contribution in [3.8, 4) is 0 Å². The third kappa shape index (κ3) is 6.56. The van der Waals surface area contributed by atoms with Crippen molar-refractivity contribution in [2.75, 3.05) is 63.1 Å². The molecule has 1 atom stereocenters. The molecule has 1 unspecified atom stereocenters. The van der Waals surface area contributed by atoms with Gasteiger partial charge in [-0.1, -0.05) is 17.7 Å². The van der Waals surface area contributed by atoms with Crippen molar-refractivity contribution >= 4 is 46.5 Å². The molecule has 2 fully saturated rings. The molecule has 0 spiro atoms. The standard InChI is InChI=1S/C28H35N5O4S/c1-4-37-27(36)21-7-9-22(10-8-21)29-25(34)19-24-26(35)33(23-11-5-20(2)6-12-23)28(38)32(24)18-17-31-15-13-30(3)14-16-31/h5-12,24H,4,13-19H2,1-3H3,(H,29,34). The number of amides is 2. The van der Waals surface area contributed by atoms with Crippen molar-refractivity contribution in [3.05, 3.63) is 59.7 Å². The molecule has 2 heterocycles. The zero-order valence-electron chi connectivity index (χ0n) is 22.2. The Morgan fingerprint density at radius 1 is 1.00 bits per heavy atom. The van der Waals surface area contributed by atoms with Crippen LogP contribution in [0.4, 0.5) is 11.4 Å². The zero-order chi connectivity index (χ0) is 27.2. The SMILES string of the molecule is CCOC(=O)c1ccc(NC(=O)CC2C(=O)N(c3ccc(C)cc3)C(=S)N2CCN2CCN(C)CC2)cc1. The summed E-state index contributed by atoms with van der Waals surface area (Å²) in [7, 11) is 2.12. The number of piperazine rings is 1. The van der Waals surface area contributed by atoms with Crippen LogP contribution in [0.3, 0.4) is 0 Å². The maximum absolute atomic E-state index is 13.6. The molecule has 2 aromatic carbocycles. The van der Waals surface area contributed by atoms with Gasteiger partial charge in [-0.05, 0) is 69.5 Å². The quantitative estimate of drug-likeness (QED) is 0.386. The average molecular weight is 538 g/mol. The van der Waals surface area contributed by atoms with Crippen LogP contribution < -0.4 is 10.2 Å². The highest BCUT2D eigenvalue weighted by Crippen LogP contribution is 2.28. The minimum Gasteiger partial charge on any atom is -0.462 e. The normalized spacial score (nSPS) is 18.7. The number of nitrogens with one attached hydrogen (secondary N) is 1. The van der Waals surface area contributed by atoms with Crippen LogP contribution in [-0.2, 0) is 14.3 Å². The van der Waals surface area contributed by atoms with Gasteiger partial charge in [-0.25, -0.2) is 4.79 Å². The molecule has 0 saturated carbocycles. The average Bonchev–Trinajstić information content (AvgIpc) is 3.13. The van der Waals surface area contributed by atoms with Crippen molar-refractivity contribution in [3.63, 3.8) is 0 Å². The minimum absolute atomic E-state index is 0.0380. The third-order valence-corrected chi connectivity index (χ3v) is 7.34. The summed E-state index contributed by atoms with van der Waals surface area (Å²) in [4.78, 5) is 46.7. The Hall–Kier alpha value is -3.34. The maximum atomic E-state index is 13.6. The first-order valence-corrected chi connectivity index (χ1v) is 13.4. The highest BCUT2D eigenvalue weighted by Gasteiger charge is 2.44. The van der Waals surface area contributed by atoms with Crippen molar-refractivity contribution in [1.82, 2.24) is 14.7 Å². The Kier molecular flexibility index (Phi) is 9.09. The molecule has 0 bridgehead atoms. The molecule has 1 N–H and O–H groups in total. The Morgan fingerprint density at radius 2 is 1.66 bits per heavy atom. The molecule has 2 aliphatic heterocycles. The van der Waals surface area contributed by atoms with E-state index in [-0.39, 0.29) is 18.2 Å². The first kappa shape index (κ1) is 27.7. The number of benzene rings is 2. The fourth-order valence-corrected chi connectivity index (χ4v) is 5.05. The third-order valence-electron chi connectivity index (χ3n) is 6.92. The van der Waals surface area contributed by atoms with E-state index >= 15 is 0 Å². The Bertz CT molecular complexity index is 1160. The van der Waals surface area contributed by atoms with Crippen LogP contribution in [-0.4, -0.2) is 96.6 Å². The van der Waals surface area contributed by atoms with Crippen molar-refractivity contribution in [2.24, 2.45) is 0 Å². The van der Waals surface area contributed by atoms with Crippen molar-refractivity contribution < 1.29 is 19.1 Å². The van der Waals surface area contributed by atoms with Crippen LogP contribution in [0.1, 0.15) is 29.3 Å². The van der Waals surface area contributed by atoms with E-state index in [0.29, 0.717) is 35.2 Å². The summed E-state index contributed by atoms with van der Waals surface area (Å²) >= 11 is 5.79. The van der Waals surface area contributed by atoms with E-state index in [0.717, 1.165) is 38.3 Å². The van der Waals surface area contributed by atoms with Gasteiger partial charge in [0.05, 0.1) is 24.3 Å². The Labute approximate surface area is 229 Å². The van der Waals surface area contributed by atoms with Gasteiger partial charge in [0.1, 0.15) is 6.04 Å². The fourth-order valence-electron chi connectivity index (χ4n) is 4.63. The molecule has 202 valence electrons. The van der Waals surface area contributed by atoms with Gasteiger partial charge in [0.25, 0.3) is 5.91 Å². The van der Waals surface area contributed by atoms with E-state index in [1.165, 1.54) is 0 Å². The molecule has 9 nitrogen and oxygen atoms in total. The van der Waals surface area contributed by atoms with Gasteiger partial charge in [-0.2, -0.15) is 0 Å². The number of esters is 1. The van der Waals surface area contributed by atoms with Gasteiger partial charge in [-0.15, -0.1) is 0 Å². The van der Waals surface area contributed by atoms with E-state index in [1.54, 1.807) is 36.1 Å². The number of hydrogen-bond donors (Lipinski definition) is 1. The summed E-state index contributed by atoms with van der Waals surface area (Å²) in [6.45, 7) is 9.26. The number of ether oxygens (including phenoxy) is 1. The van der Waals surface area contributed by atoms with Crippen LogP contribution in [0.15, 0.2) is 48.5 Å². The first-order chi connectivity index (χ1) is 18.3. The summed E-state index contributed by atoms with van der Waals surface area (Å²) in [5.74, 6) is -0.918. The number of nitrogens with zero attached hydrogens (tertiary/aromatic N) is 4. The number of carbonyl (C=O) groups is 3. The van der Waals surface area contributed by atoms with Gasteiger partial charge < -0.3 is 19.9 Å². The summed E-state index contributed by atoms with van der Waals surface area (Å²) in [5.41, 5.74) is 2.73. The molecule has 38 heavy (non-hydrogen) atoms. The monoisotopic (exact) mass is 537 g/mol. The lowest BCUT2D eigenvalue weighted by molar-refractivity contribution is -0.124. The second kappa shape index (κ2) is 12.5. The van der Waals surface area contributed by atoms with E-state index in [1.807, 2.05) is 36.1 Å². The number of aryl methyl sites for hydroxylation is 1. The maximum Gasteiger partial charge on any atom is 0.338 e. The zero-order valence-corrected chi connectivity index (χ0v) is 23.0. The molecule has 2 aromatic rings. The van der Waals surface area contributed by atoms with Crippen LogP contribution in [0.25, 0.3) is 0 Å². The lowest BCUT2D eigenvalue weighted by Gasteiger charge is -2.34. The topological polar surface area (TPSA) is 85.4 Å². The Morgan fingerprint density at radius 3 is 2.29 bits per heavy atom. The summed E-state index contributed by atoms with van der Waals surface area (Å²) in [6.07, 6.45) is -0.0380. The second-order valence-corrected chi connectivity index (χ2v) is 10.1. The van der Waals surface area contributed by atoms with E-state index in [2.05, 4.69) is 22.2 Å². The van der Waals surface area contributed by atoms with Crippen molar-refractivity contribution in [1.29, 1.82) is 0 Å². The highest BCUT2D eigenvalue weighted by atomic mass is 32.1. The molecule has 2 saturated heterocycles. The number of hydrogen-bond acceptors (Lipinski definition) is 7. The predicted molar refractivity (Wildman–Crippen MR) is 151 cm³/mol. The lowest BCUT2D eigenvalue weighted by atomic mass is 10.1. The van der Waals surface area contributed by atoms with Gasteiger partial charge >= 0.3 is 5.97 Å². The van der Waals surface area contributed by atoms with Crippen LogP contribution in [0.2, 0.25) is 0 Å². The minimum atomic E-state index is -0.699. The fraction of sp³-hybridized carbons (Fsp3) is 0.429. The molecule has 4 rings (SSSR count). The molecular weight excluding hydrogens is 502 g/mol. The van der Waals surface area contributed by atoms with Gasteiger partial charge in [-0.3, -0.25) is 19.4 Å². The number of carbonyl (C=O) groups excluding carboxylic acids is 3. The number of anilines is 2. The number of thiocarbonyl (C=S) groups is 1. The number of rotatable bonds is 9. The Balaban J connectivity index is 1.47. The highest BCUT2D eigenvalue weighted by molar-refractivity contribution is 7.80. The number of likely N-dealkylation sites (N-methyl/N-ethyl adjacent to an activating group) is 1. The molecule has 0 aliphatic carbocycles. The molecule has 0 radical (unpaired) electrons. The largest absolute Gasteiger partial charge is 0.462 e.